The van der Waals surface area contributed by atoms with Crippen molar-refractivity contribution in [1.29, 1.82) is 0 Å². The fourth-order valence-corrected chi connectivity index (χ4v) is 1.08. The first-order valence-electron chi connectivity index (χ1n) is 1.29. The second kappa shape index (κ2) is 3.73. The first kappa shape index (κ1) is 6.55. The summed E-state index contributed by atoms with van der Waals surface area (Å²) in [5.74, 6) is 0.162. The Bertz CT molecular complexity index is 57.5. The van der Waals surface area contributed by atoms with Gasteiger partial charge in [0.1, 0.15) is 0 Å². The highest BCUT2D eigenvalue weighted by molar-refractivity contribution is 14.2. The summed E-state index contributed by atoms with van der Waals surface area (Å²) >= 11 is 2.02. The highest BCUT2D eigenvalue weighted by Crippen LogP contribution is 2.07. The van der Waals surface area contributed by atoms with Crippen molar-refractivity contribution in [3.05, 3.63) is 0 Å². The fourth-order valence-electron chi connectivity index (χ4n) is 0.0538. The normalized spacial score (nSPS) is 8.17. The van der Waals surface area contributed by atoms with Crippen LogP contribution in [0.5, 0.6) is 0 Å². The number of nitrogens with two attached hydrogens (primary N) is 1. The van der Waals surface area contributed by atoms with Gasteiger partial charge in [-0.2, -0.15) is 0 Å². The van der Waals surface area contributed by atoms with Crippen LogP contribution in [0.15, 0.2) is 0 Å². The smallest absolute Gasteiger partial charge is 0.228 e. The van der Waals surface area contributed by atoms with Gasteiger partial charge in [-0.15, -0.1) is 0 Å². The van der Waals surface area contributed by atoms with Gasteiger partial charge in [0.25, 0.3) is 0 Å². The third-order valence-electron chi connectivity index (χ3n) is 0.197. The molecular weight excluding hydrogens is 213 g/mol. The van der Waals surface area contributed by atoms with Crippen LogP contribution in [0, 0.1) is 0 Å². The minimum Gasteiger partial charge on any atom is -0.369 e. The summed E-state index contributed by atoms with van der Waals surface area (Å²) in [5.41, 5.74) is 4.74. The van der Waals surface area contributed by atoms with Crippen LogP contribution < -0.4 is 5.73 Å². The Morgan fingerprint density at radius 1 is 2.00 bits per heavy atom. The summed E-state index contributed by atoms with van der Waals surface area (Å²) < 4.78 is 0. The van der Waals surface area contributed by atoms with Gasteiger partial charge in [0, 0.05) is 0 Å². The molecule has 0 aromatic carbocycles. The molecule has 1 amide bonds. The minimum atomic E-state index is -0.255. The largest absolute Gasteiger partial charge is 0.369 e. The molecule has 0 heterocycles. The van der Waals surface area contributed by atoms with Gasteiger partial charge in [0.15, 0.2) is 0 Å². The molecule has 0 aliphatic rings. The van der Waals surface area contributed by atoms with E-state index in [1.807, 2.05) is 21.2 Å². The van der Waals surface area contributed by atoms with Gasteiger partial charge in [-0.05, 0) is 21.2 Å². The maximum Gasteiger partial charge on any atom is 0.228 e. The average molecular weight is 217 g/mol. The van der Waals surface area contributed by atoms with Crippen LogP contribution in [0.2, 0.25) is 0 Å². The van der Waals surface area contributed by atoms with Crippen LogP contribution in [-0.4, -0.2) is 11.7 Å². The molecule has 36 valence electrons. The molecule has 0 radical (unpaired) electrons. The molecule has 0 atom stereocenters. The van der Waals surface area contributed by atoms with E-state index in [9.17, 15) is 4.79 Å². The topological polar surface area (TPSA) is 43.1 Å². The number of carbonyl (C=O) groups excluding carboxylic acids is 1. The molecule has 0 saturated heterocycles. The number of carbonyl (C=O) groups is 1. The quantitative estimate of drug-likeness (QED) is 0.686. The molecule has 0 fully saturated rings. The van der Waals surface area contributed by atoms with E-state index in [0.717, 1.165) is 0 Å². The number of halogens is 1. The molecule has 2 nitrogen and oxygen atoms in total. The Balaban J connectivity index is 2.83. The predicted molar refractivity (Wildman–Crippen MR) is 35.7 cm³/mol. The maximum atomic E-state index is 9.80. The summed E-state index contributed by atoms with van der Waals surface area (Å²) in [4.78, 5) is 9.80. The van der Waals surface area contributed by atoms with E-state index in [4.69, 9.17) is 5.73 Å². The first-order chi connectivity index (χ1) is 2.77. The van der Waals surface area contributed by atoms with Crippen molar-refractivity contribution in [3.8, 4) is 0 Å². The minimum absolute atomic E-state index is 0.255. The lowest BCUT2D eigenvalue weighted by molar-refractivity contribution is -0.115. The number of rotatable bonds is 2. The van der Waals surface area contributed by atoms with Crippen LogP contribution in [0.3, 0.4) is 0 Å². The van der Waals surface area contributed by atoms with Crippen LogP contribution in [0.4, 0.5) is 0 Å². The molecule has 2 N–H and O–H groups in total. The summed E-state index contributed by atoms with van der Waals surface area (Å²) in [6.07, 6.45) is 0. The van der Waals surface area contributed by atoms with Crippen molar-refractivity contribution in [2.75, 3.05) is 5.75 Å². The Kier molecular flexibility index (Phi) is 4.07. The van der Waals surface area contributed by atoms with Crippen LogP contribution >= 0.6 is 30.1 Å². The van der Waals surface area contributed by atoms with E-state index in [1.54, 1.807) is 0 Å². The van der Waals surface area contributed by atoms with Gasteiger partial charge in [0.05, 0.1) is 5.75 Å². The molecule has 0 rings (SSSR count). The molecule has 0 aromatic rings. The lowest BCUT2D eigenvalue weighted by atomic mass is 10.8. The Labute approximate surface area is 52.4 Å². The second-order valence-electron chi connectivity index (χ2n) is 0.720. The SMILES string of the molecule is NC(=O)CSI. The van der Waals surface area contributed by atoms with Gasteiger partial charge >= 0.3 is 0 Å². The highest BCUT2D eigenvalue weighted by Gasteiger charge is 1.86. The summed E-state index contributed by atoms with van der Waals surface area (Å²) in [6, 6.07) is 0. The van der Waals surface area contributed by atoms with Crippen molar-refractivity contribution in [1.82, 2.24) is 0 Å². The van der Waals surface area contributed by atoms with Gasteiger partial charge in [-0.25, -0.2) is 0 Å². The molecule has 0 spiro atoms. The Morgan fingerprint density at radius 3 is 2.50 bits per heavy atom. The number of primary amides is 1. The lowest BCUT2D eigenvalue weighted by Crippen LogP contribution is -2.11. The van der Waals surface area contributed by atoms with E-state index >= 15 is 0 Å². The maximum absolute atomic E-state index is 9.80. The van der Waals surface area contributed by atoms with E-state index in [1.165, 1.54) is 8.93 Å². The Morgan fingerprint density at radius 2 is 2.50 bits per heavy atom. The highest BCUT2D eigenvalue weighted by atomic mass is 127. The summed E-state index contributed by atoms with van der Waals surface area (Å²) in [7, 11) is 1.41. The fraction of sp³-hybridized carbons (Fsp3) is 0.500. The standard InChI is InChI=1S/C2H4INOS/c3-6-1-2(4)5/h1H2,(H2,4,5). The zero-order valence-corrected chi connectivity index (χ0v) is 5.95. The van der Waals surface area contributed by atoms with Gasteiger partial charge < -0.3 is 5.73 Å². The van der Waals surface area contributed by atoms with Gasteiger partial charge in [-0.3, -0.25) is 4.79 Å². The molecule has 4 heteroatoms. The molecule has 6 heavy (non-hydrogen) atoms. The number of hydrogen-bond donors (Lipinski definition) is 1. The number of amides is 1. The monoisotopic (exact) mass is 217 g/mol. The van der Waals surface area contributed by atoms with Gasteiger partial charge in [0.2, 0.25) is 5.91 Å². The van der Waals surface area contributed by atoms with Crippen molar-refractivity contribution >= 4 is 36.0 Å². The van der Waals surface area contributed by atoms with Crippen LogP contribution in [0.25, 0.3) is 0 Å². The van der Waals surface area contributed by atoms with E-state index in [-0.39, 0.29) is 5.91 Å². The number of hydrogen-bond acceptors (Lipinski definition) is 2. The molecule has 0 saturated carbocycles. The lowest BCUT2D eigenvalue weighted by Gasteiger charge is -1.79. The second-order valence-corrected chi connectivity index (χ2v) is 3.10. The van der Waals surface area contributed by atoms with E-state index in [0.29, 0.717) is 5.75 Å². The van der Waals surface area contributed by atoms with E-state index in [2.05, 4.69) is 0 Å². The molecule has 0 unspecified atom stereocenters. The zero-order valence-electron chi connectivity index (χ0n) is 2.98. The van der Waals surface area contributed by atoms with E-state index < -0.39 is 0 Å². The molecule has 0 bridgehead atoms. The van der Waals surface area contributed by atoms with Crippen molar-refractivity contribution in [2.45, 2.75) is 0 Å². The molecule has 0 aliphatic carbocycles. The Hall–Kier alpha value is 0.550. The van der Waals surface area contributed by atoms with Crippen molar-refractivity contribution in [3.63, 3.8) is 0 Å². The van der Waals surface area contributed by atoms with Crippen LogP contribution in [-0.2, 0) is 4.79 Å². The molecule has 0 aliphatic heterocycles. The van der Waals surface area contributed by atoms with Crippen molar-refractivity contribution in [2.24, 2.45) is 5.73 Å². The van der Waals surface area contributed by atoms with Crippen molar-refractivity contribution < 1.29 is 4.79 Å². The molecular formula is C2H4INOS. The predicted octanol–water partition coefficient (Wildman–Crippen LogP) is 0.555. The third-order valence-corrected chi connectivity index (χ3v) is 1.52. The first-order valence-corrected chi connectivity index (χ1v) is 4.82. The summed E-state index contributed by atoms with van der Waals surface area (Å²) in [5, 5.41) is 0. The third kappa shape index (κ3) is 4.55. The van der Waals surface area contributed by atoms with Gasteiger partial charge in [-0.1, -0.05) is 8.93 Å². The average Bonchev–Trinajstić information content (AvgIpc) is 1.35. The summed E-state index contributed by atoms with van der Waals surface area (Å²) in [6.45, 7) is 0. The van der Waals surface area contributed by atoms with Crippen LogP contribution in [0.1, 0.15) is 0 Å². The molecule has 0 aromatic heterocycles. The zero-order chi connectivity index (χ0) is 4.99.